The Kier molecular flexibility index (Phi) is 6.40. The van der Waals surface area contributed by atoms with E-state index in [0.29, 0.717) is 30.1 Å². The number of ether oxygens (including phenoxy) is 1. The van der Waals surface area contributed by atoms with Crippen LogP contribution in [-0.4, -0.2) is 45.4 Å². The Morgan fingerprint density at radius 1 is 1.22 bits per heavy atom. The van der Waals surface area contributed by atoms with Crippen molar-refractivity contribution in [3.05, 3.63) is 68.8 Å². The minimum Gasteiger partial charge on any atom is -0.507 e. The SMILES string of the molecule is Cc1cc(C)c(O)c(-c2n[nH]c3c2C(c2ccc(Br)cc2)N(CCCOC(C)C)C3=O)c1. The van der Waals surface area contributed by atoms with Crippen molar-refractivity contribution < 1.29 is 14.6 Å². The van der Waals surface area contributed by atoms with Crippen LogP contribution in [0.1, 0.15) is 59.1 Å². The number of hydrogen-bond acceptors (Lipinski definition) is 4. The van der Waals surface area contributed by atoms with Gasteiger partial charge in [-0.25, -0.2) is 0 Å². The number of H-pyrrole nitrogens is 1. The van der Waals surface area contributed by atoms with Crippen LogP contribution < -0.4 is 0 Å². The molecule has 0 aliphatic carbocycles. The summed E-state index contributed by atoms with van der Waals surface area (Å²) < 4.78 is 6.66. The molecule has 1 unspecified atom stereocenters. The van der Waals surface area contributed by atoms with Crippen molar-refractivity contribution in [1.29, 1.82) is 0 Å². The number of phenolic OH excluding ortho intramolecular Hbond substituents is 1. The van der Waals surface area contributed by atoms with Gasteiger partial charge < -0.3 is 14.7 Å². The molecule has 0 saturated carbocycles. The van der Waals surface area contributed by atoms with Gasteiger partial charge in [0.2, 0.25) is 0 Å². The van der Waals surface area contributed by atoms with Gasteiger partial charge in [0.1, 0.15) is 17.1 Å². The van der Waals surface area contributed by atoms with E-state index in [1.807, 2.05) is 69.0 Å². The molecule has 0 fully saturated rings. The van der Waals surface area contributed by atoms with Crippen LogP contribution in [0.5, 0.6) is 5.75 Å². The summed E-state index contributed by atoms with van der Waals surface area (Å²) in [5.74, 6) is 0.107. The molecule has 0 saturated heterocycles. The maximum Gasteiger partial charge on any atom is 0.273 e. The molecule has 168 valence electrons. The molecule has 7 heteroatoms. The molecule has 2 N–H and O–H groups in total. The normalized spacial score (nSPS) is 15.6. The lowest BCUT2D eigenvalue weighted by atomic mass is 9.94. The Bertz CT molecular complexity index is 1140. The Morgan fingerprint density at radius 2 is 1.94 bits per heavy atom. The number of fused-ring (bicyclic) bond motifs is 1. The summed E-state index contributed by atoms with van der Waals surface area (Å²) in [7, 11) is 0. The predicted octanol–water partition coefficient (Wildman–Crippen LogP) is 5.52. The molecule has 2 aromatic carbocycles. The Balaban J connectivity index is 1.79. The van der Waals surface area contributed by atoms with Crippen LogP contribution in [0.2, 0.25) is 0 Å². The third kappa shape index (κ3) is 4.19. The molecule has 6 nitrogen and oxygen atoms in total. The van der Waals surface area contributed by atoms with E-state index in [2.05, 4.69) is 26.1 Å². The molecular weight excluding hydrogens is 470 g/mol. The van der Waals surface area contributed by atoms with Crippen molar-refractivity contribution in [1.82, 2.24) is 15.1 Å². The van der Waals surface area contributed by atoms with Gasteiger partial charge in [-0.3, -0.25) is 9.89 Å². The number of hydrogen-bond donors (Lipinski definition) is 2. The van der Waals surface area contributed by atoms with Crippen LogP contribution in [0.4, 0.5) is 0 Å². The van der Waals surface area contributed by atoms with Crippen molar-refractivity contribution >= 4 is 21.8 Å². The molecule has 1 atom stereocenters. The van der Waals surface area contributed by atoms with E-state index in [-0.39, 0.29) is 23.8 Å². The zero-order chi connectivity index (χ0) is 23.0. The van der Waals surface area contributed by atoms with Crippen LogP contribution in [0, 0.1) is 13.8 Å². The van der Waals surface area contributed by atoms with Gasteiger partial charge in [0.25, 0.3) is 5.91 Å². The lowest BCUT2D eigenvalue weighted by Gasteiger charge is -2.26. The summed E-state index contributed by atoms with van der Waals surface area (Å²) in [4.78, 5) is 15.3. The summed E-state index contributed by atoms with van der Waals surface area (Å²) in [5.41, 5.74) is 5.35. The fourth-order valence-electron chi connectivity index (χ4n) is 4.32. The van der Waals surface area contributed by atoms with E-state index in [1.165, 1.54) is 0 Å². The number of aromatic hydroxyl groups is 1. The number of rotatable bonds is 7. The molecule has 3 aromatic rings. The molecular formula is C25H28BrN3O3. The van der Waals surface area contributed by atoms with Crippen LogP contribution >= 0.6 is 15.9 Å². The average Bonchev–Trinajstić information content (AvgIpc) is 3.28. The Labute approximate surface area is 196 Å². The minimum absolute atomic E-state index is 0.0833. The first-order chi connectivity index (χ1) is 15.3. The number of aryl methyl sites for hydroxylation is 2. The summed E-state index contributed by atoms with van der Waals surface area (Å²) in [6, 6.07) is 11.6. The first kappa shape index (κ1) is 22.6. The summed E-state index contributed by atoms with van der Waals surface area (Å²) in [5, 5.41) is 18.2. The second-order valence-electron chi connectivity index (χ2n) is 8.56. The van der Waals surface area contributed by atoms with E-state index >= 15 is 0 Å². The number of amides is 1. The zero-order valence-corrected chi connectivity index (χ0v) is 20.4. The first-order valence-electron chi connectivity index (χ1n) is 10.8. The molecule has 32 heavy (non-hydrogen) atoms. The third-order valence-electron chi connectivity index (χ3n) is 5.74. The van der Waals surface area contributed by atoms with Crippen LogP contribution in [-0.2, 0) is 4.74 Å². The summed E-state index contributed by atoms with van der Waals surface area (Å²) >= 11 is 3.50. The predicted molar refractivity (Wildman–Crippen MR) is 128 cm³/mol. The maximum absolute atomic E-state index is 13.4. The summed E-state index contributed by atoms with van der Waals surface area (Å²) in [6.45, 7) is 9.02. The fraction of sp³-hybridized carbons (Fsp3) is 0.360. The molecule has 1 aliphatic heterocycles. The number of aromatic amines is 1. The zero-order valence-electron chi connectivity index (χ0n) is 18.8. The highest BCUT2D eigenvalue weighted by Gasteiger charge is 2.42. The molecule has 1 aromatic heterocycles. The first-order valence-corrected chi connectivity index (χ1v) is 11.6. The number of nitrogens with zero attached hydrogens (tertiary/aromatic N) is 2. The molecule has 1 amide bonds. The number of aromatic nitrogens is 2. The highest BCUT2D eigenvalue weighted by atomic mass is 79.9. The lowest BCUT2D eigenvalue weighted by Crippen LogP contribution is -2.31. The molecule has 0 spiro atoms. The topological polar surface area (TPSA) is 78.5 Å². The van der Waals surface area contributed by atoms with Crippen molar-refractivity contribution in [2.75, 3.05) is 13.2 Å². The smallest absolute Gasteiger partial charge is 0.273 e. The maximum atomic E-state index is 13.4. The average molecular weight is 498 g/mol. The number of carbonyl (C=O) groups is 1. The standard InChI is InChI=1S/C25H28BrN3O3/c1-14(2)32-11-5-10-29-23(17-6-8-18(26)9-7-17)20-21(27-28-22(20)25(29)31)19-13-15(3)12-16(4)24(19)30/h6-9,12-14,23,30H,5,10-11H2,1-4H3,(H,27,28). The van der Waals surface area contributed by atoms with Crippen molar-refractivity contribution in [2.24, 2.45) is 0 Å². The molecule has 1 aliphatic rings. The fourth-order valence-corrected chi connectivity index (χ4v) is 4.58. The van der Waals surface area contributed by atoms with E-state index < -0.39 is 0 Å². The van der Waals surface area contributed by atoms with E-state index in [4.69, 9.17) is 4.74 Å². The largest absolute Gasteiger partial charge is 0.507 e. The monoisotopic (exact) mass is 497 g/mol. The van der Waals surface area contributed by atoms with Gasteiger partial charge in [-0.05, 0) is 69.0 Å². The second-order valence-corrected chi connectivity index (χ2v) is 9.48. The van der Waals surface area contributed by atoms with Gasteiger partial charge in [0.05, 0.1) is 12.1 Å². The van der Waals surface area contributed by atoms with Crippen molar-refractivity contribution in [3.8, 4) is 17.0 Å². The molecule has 0 radical (unpaired) electrons. The van der Waals surface area contributed by atoms with Crippen LogP contribution in [0.15, 0.2) is 40.9 Å². The number of nitrogens with one attached hydrogen (secondary N) is 1. The molecule has 4 rings (SSSR count). The van der Waals surface area contributed by atoms with Crippen molar-refractivity contribution in [2.45, 2.75) is 46.3 Å². The highest BCUT2D eigenvalue weighted by molar-refractivity contribution is 9.10. The lowest BCUT2D eigenvalue weighted by molar-refractivity contribution is 0.0601. The second kappa shape index (κ2) is 9.08. The number of benzene rings is 2. The van der Waals surface area contributed by atoms with Crippen molar-refractivity contribution in [3.63, 3.8) is 0 Å². The van der Waals surface area contributed by atoms with Gasteiger partial charge >= 0.3 is 0 Å². The number of carbonyl (C=O) groups excluding carboxylic acids is 1. The Morgan fingerprint density at radius 3 is 2.62 bits per heavy atom. The Hall–Kier alpha value is -2.64. The number of phenols is 1. The van der Waals surface area contributed by atoms with Gasteiger partial charge in [-0.1, -0.05) is 34.1 Å². The van der Waals surface area contributed by atoms with E-state index in [1.54, 1.807) is 0 Å². The van der Waals surface area contributed by atoms with E-state index in [9.17, 15) is 9.90 Å². The van der Waals surface area contributed by atoms with Crippen LogP contribution in [0.25, 0.3) is 11.3 Å². The van der Waals surface area contributed by atoms with Gasteiger partial charge in [0, 0.05) is 28.8 Å². The van der Waals surface area contributed by atoms with Gasteiger partial charge in [-0.2, -0.15) is 5.10 Å². The third-order valence-corrected chi connectivity index (χ3v) is 6.27. The summed E-state index contributed by atoms with van der Waals surface area (Å²) in [6.07, 6.45) is 0.890. The minimum atomic E-state index is -0.293. The van der Waals surface area contributed by atoms with Crippen LogP contribution in [0.3, 0.4) is 0 Å². The quantitative estimate of drug-likeness (QED) is 0.421. The van der Waals surface area contributed by atoms with Gasteiger partial charge in [-0.15, -0.1) is 0 Å². The molecule has 0 bridgehead atoms. The number of halogens is 1. The van der Waals surface area contributed by atoms with Gasteiger partial charge in [0.15, 0.2) is 0 Å². The van der Waals surface area contributed by atoms with E-state index in [0.717, 1.165) is 33.1 Å². The molecule has 2 heterocycles. The highest BCUT2D eigenvalue weighted by Crippen LogP contribution is 2.45.